The number of aromatic nitrogens is 1. The van der Waals surface area contributed by atoms with Crippen LogP contribution in [0.4, 0.5) is 17.1 Å². The third-order valence-corrected chi connectivity index (χ3v) is 14.8. The number of H-pyrrole nitrogens is 1. The minimum Gasteiger partial charge on any atom is -0.454 e. The number of carbonyl (C=O) groups is 2. The first-order valence-electron chi connectivity index (χ1n) is 18.6. The molecule has 1 aliphatic carbocycles. The number of rotatable bonds is 12. The quantitative estimate of drug-likeness (QED) is 0.0454. The van der Waals surface area contributed by atoms with Crippen LogP contribution < -0.4 is 21.3 Å². The molecular formula is C41H27N3O19S5. The standard InChI is InChI=1S/C41H27N3O19S5/c42-26-16-27(32(67(57,58)59)18-31(26)66(54,55)56)43-28-17-30(63-29-13-10-20(15-33(29)68(60,61)62)19-8-11-22(12-9-19)64(48,49)50)38-36-34(24-6-1-2-7-25(24)40(46)35(28)36)37(41(47)44-38)39(45)21-4-3-5-23(14-21)65(51,52)53/h1-18,43H,42H2,(H,44,47)(H,48,49,50)(H,51,52,53)(H,54,55,56)(H,57,58,59)(H,60,61,62). The van der Waals surface area contributed by atoms with Gasteiger partial charge in [0.05, 0.1) is 43.5 Å². The molecule has 350 valence electrons. The zero-order chi connectivity index (χ0) is 49.6. The van der Waals surface area contributed by atoms with Crippen LogP contribution >= 0.6 is 0 Å². The summed E-state index contributed by atoms with van der Waals surface area (Å²) in [5.41, 5.74) is 0.0649. The van der Waals surface area contributed by atoms with Crippen molar-refractivity contribution in [3.63, 3.8) is 0 Å². The Morgan fingerprint density at radius 3 is 1.75 bits per heavy atom. The molecule has 0 amide bonds. The normalized spacial score (nSPS) is 13.0. The van der Waals surface area contributed by atoms with Crippen molar-refractivity contribution < 1.29 is 79.2 Å². The molecule has 1 heterocycles. The molecule has 0 aliphatic heterocycles. The summed E-state index contributed by atoms with van der Waals surface area (Å²) in [6.07, 6.45) is 0. The maximum absolute atomic E-state index is 14.7. The lowest BCUT2D eigenvalue weighted by Gasteiger charge is -2.26. The number of fused-ring (bicyclic) bond motifs is 2. The Labute approximate surface area is 383 Å². The molecule has 27 heteroatoms. The summed E-state index contributed by atoms with van der Waals surface area (Å²) in [4.78, 5) is 41.4. The highest BCUT2D eigenvalue weighted by Crippen LogP contribution is 2.48. The number of carbonyl (C=O) groups excluding carboxylic acids is 2. The van der Waals surface area contributed by atoms with E-state index in [9.17, 15) is 79.2 Å². The Bertz CT molecular complexity index is 4060. The van der Waals surface area contributed by atoms with E-state index < -0.39 is 143 Å². The maximum atomic E-state index is 14.7. The second-order valence-corrected chi connectivity index (χ2v) is 21.7. The number of aromatic amines is 1. The monoisotopic (exact) mass is 1020 g/mol. The number of nitrogen functional groups attached to an aromatic ring is 1. The van der Waals surface area contributed by atoms with E-state index in [0.29, 0.717) is 12.1 Å². The number of anilines is 3. The molecule has 0 atom stereocenters. The number of ether oxygens (including phenoxy) is 1. The van der Waals surface area contributed by atoms with Crippen molar-refractivity contribution in [2.45, 2.75) is 24.5 Å². The second-order valence-electron chi connectivity index (χ2n) is 14.7. The lowest BCUT2D eigenvalue weighted by molar-refractivity contribution is 0.102. The fraction of sp³-hybridized carbons (Fsp3) is 0. The van der Waals surface area contributed by atoms with Crippen molar-refractivity contribution in [2.24, 2.45) is 0 Å². The molecule has 8 rings (SSSR count). The lowest BCUT2D eigenvalue weighted by Crippen LogP contribution is -2.24. The molecule has 9 N–H and O–H groups in total. The van der Waals surface area contributed by atoms with Gasteiger partial charge < -0.3 is 20.8 Å². The third kappa shape index (κ3) is 8.64. The van der Waals surface area contributed by atoms with Crippen LogP contribution in [0.2, 0.25) is 0 Å². The molecule has 0 radical (unpaired) electrons. The van der Waals surface area contributed by atoms with Gasteiger partial charge in [0.15, 0.2) is 17.3 Å². The van der Waals surface area contributed by atoms with Crippen LogP contribution in [0.25, 0.3) is 33.2 Å². The van der Waals surface area contributed by atoms with Gasteiger partial charge in [0.2, 0.25) is 0 Å². The SMILES string of the molecule is Nc1cc(Nc2cc(Oc3ccc(-c4ccc(S(=O)(=O)O)cc4)cc3S(=O)(=O)O)c3[nH]c(=O)c(C(=O)c4cccc(S(=O)(=O)O)c4)c4c3c2C(=O)c2ccccc2-4)c(S(=O)(=O)O)cc1S(=O)(=O)O. The summed E-state index contributed by atoms with van der Waals surface area (Å²) in [5.74, 6) is -3.37. The van der Waals surface area contributed by atoms with Gasteiger partial charge in [-0.25, -0.2) is 0 Å². The number of nitrogens with two attached hydrogens (primary N) is 1. The lowest BCUT2D eigenvalue weighted by atomic mass is 9.80. The second kappa shape index (κ2) is 16.3. The molecule has 7 aromatic rings. The topological polar surface area (TPSA) is 386 Å². The molecule has 0 saturated carbocycles. The smallest absolute Gasteiger partial charge is 0.298 e. The van der Waals surface area contributed by atoms with Gasteiger partial charge in [-0.3, -0.25) is 37.1 Å². The van der Waals surface area contributed by atoms with E-state index in [4.69, 9.17) is 10.5 Å². The molecule has 0 bridgehead atoms. The van der Waals surface area contributed by atoms with Crippen molar-refractivity contribution in [2.75, 3.05) is 11.1 Å². The van der Waals surface area contributed by atoms with E-state index in [1.165, 1.54) is 42.5 Å². The summed E-state index contributed by atoms with van der Waals surface area (Å²) in [5, 5.41) is 2.20. The summed E-state index contributed by atoms with van der Waals surface area (Å²) >= 11 is 0. The zero-order valence-corrected chi connectivity index (χ0v) is 37.5. The van der Waals surface area contributed by atoms with Gasteiger partial charge in [-0.15, -0.1) is 0 Å². The van der Waals surface area contributed by atoms with Crippen molar-refractivity contribution in [3.8, 4) is 33.8 Å². The Morgan fingerprint density at radius 2 is 1.15 bits per heavy atom. The molecule has 0 spiro atoms. The minimum atomic E-state index is -5.46. The van der Waals surface area contributed by atoms with E-state index in [1.807, 2.05) is 0 Å². The van der Waals surface area contributed by atoms with Gasteiger partial charge >= 0.3 is 0 Å². The Balaban J connectivity index is 1.46. The van der Waals surface area contributed by atoms with Crippen molar-refractivity contribution in [3.05, 3.63) is 142 Å². The van der Waals surface area contributed by atoms with Gasteiger partial charge in [0.25, 0.3) is 56.1 Å². The average Bonchev–Trinajstić information content (AvgIpc) is 3.24. The predicted molar refractivity (Wildman–Crippen MR) is 238 cm³/mol. The zero-order valence-electron chi connectivity index (χ0n) is 33.5. The van der Waals surface area contributed by atoms with E-state index >= 15 is 0 Å². The molecule has 0 unspecified atom stereocenters. The first-order chi connectivity index (χ1) is 31.5. The summed E-state index contributed by atoms with van der Waals surface area (Å²) in [6.45, 7) is 0. The van der Waals surface area contributed by atoms with Gasteiger partial charge in [-0.05, 0) is 65.2 Å². The number of nitrogens with one attached hydrogen (secondary N) is 2. The molecule has 0 fully saturated rings. The maximum Gasteiger partial charge on any atom is 0.298 e. The van der Waals surface area contributed by atoms with Crippen molar-refractivity contribution in [1.29, 1.82) is 0 Å². The van der Waals surface area contributed by atoms with E-state index in [-0.39, 0.29) is 33.2 Å². The highest BCUT2D eigenvalue weighted by atomic mass is 32.2. The fourth-order valence-corrected chi connectivity index (χ4v) is 10.5. The Kier molecular flexibility index (Phi) is 11.3. The number of hydrogen-bond acceptors (Lipinski definition) is 16. The van der Waals surface area contributed by atoms with Gasteiger partial charge in [0, 0.05) is 28.1 Å². The molecule has 0 saturated heterocycles. The number of pyridine rings is 1. The Hall–Kier alpha value is -7.18. The van der Waals surface area contributed by atoms with Crippen LogP contribution in [-0.2, 0) is 50.6 Å². The largest absolute Gasteiger partial charge is 0.454 e. The average molecular weight is 1030 g/mol. The highest BCUT2D eigenvalue weighted by Gasteiger charge is 2.36. The van der Waals surface area contributed by atoms with Crippen LogP contribution in [-0.4, -0.2) is 81.4 Å². The number of benzene rings is 6. The van der Waals surface area contributed by atoms with E-state index in [0.717, 1.165) is 54.6 Å². The van der Waals surface area contributed by atoms with Crippen LogP contribution in [0.1, 0.15) is 31.8 Å². The van der Waals surface area contributed by atoms with Gasteiger partial charge in [0.1, 0.15) is 20.4 Å². The Morgan fingerprint density at radius 1 is 0.544 bits per heavy atom. The van der Waals surface area contributed by atoms with Crippen molar-refractivity contribution >= 4 is 90.1 Å². The van der Waals surface area contributed by atoms with Gasteiger partial charge in [-0.1, -0.05) is 54.6 Å². The van der Waals surface area contributed by atoms with Crippen LogP contribution in [0.15, 0.2) is 138 Å². The molecular weight excluding hydrogens is 999 g/mol. The first-order valence-corrected chi connectivity index (χ1v) is 25.8. The molecule has 6 aromatic carbocycles. The van der Waals surface area contributed by atoms with E-state index in [2.05, 4.69) is 10.3 Å². The third-order valence-electron chi connectivity index (χ3n) is 10.4. The van der Waals surface area contributed by atoms with Crippen LogP contribution in [0.3, 0.4) is 0 Å². The number of hydrogen-bond donors (Lipinski definition) is 8. The van der Waals surface area contributed by atoms with Crippen LogP contribution in [0, 0.1) is 0 Å². The highest BCUT2D eigenvalue weighted by molar-refractivity contribution is 7.87. The van der Waals surface area contributed by atoms with Crippen LogP contribution in [0.5, 0.6) is 11.5 Å². The van der Waals surface area contributed by atoms with Crippen molar-refractivity contribution in [1.82, 2.24) is 4.98 Å². The summed E-state index contributed by atoms with van der Waals surface area (Å²) in [7, 11) is -25.5. The molecule has 1 aliphatic rings. The van der Waals surface area contributed by atoms with Gasteiger partial charge in [-0.2, -0.15) is 42.1 Å². The number of ketones is 2. The summed E-state index contributed by atoms with van der Waals surface area (Å²) in [6, 6.07) is 18.8. The van der Waals surface area contributed by atoms with E-state index in [1.54, 1.807) is 0 Å². The minimum absolute atomic E-state index is 0.0339. The molecule has 1 aromatic heterocycles. The molecule has 22 nitrogen and oxygen atoms in total. The molecule has 68 heavy (non-hydrogen) atoms. The first kappa shape index (κ1) is 47.3. The summed E-state index contributed by atoms with van der Waals surface area (Å²) < 4.78 is 179. The predicted octanol–water partition coefficient (Wildman–Crippen LogP) is 4.99. The fourth-order valence-electron chi connectivity index (χ4n) is 7.49.